The van der Waals surface area contributed by atoms with Crippen molar-refractivity contribution < 1.29 is 13.2 Å². The zero-order chi connectivity index (χ0) is 13.5. The summed E-state index contributed by atoms with van der Waals surface area (Å²) in [5.74, 6) is 0. The number of alkyl halides is 3. The standard InChI is InChI=1S/C15H9F3S/c16-15(17,18)12-6-3-5-10(8-12)14-9-11-4-1-2-7-13(11)19-14/h1-9H. The van der Waals surface area contributed by atoms with Gasteiger partial charge >= 0.3 is 6.18 Å². The molecule has 4 heteroatoms. The van der Waals surface area contributed by atoms with Crippen LogP contribution in [0.4, 0.5) is 13.2 Å². The Balaban J connectivity index is 2.11. The van der Waals surface area contributed by atoms with Crippen LogP contribution in [0.3, 0.4) is 0 Å². The van der Waals surface area contributed by atoms with Gasteiger partial charge in [0.15, 0.2) is 0 Å². The third kappa shape index (κ3) is 2.36. The molecule has 19 heavy (non-hydrogen) atoms. The van der Waals surface area contributed by atoms with Gasteiger partial charge in [0.2, 0.25) is 0 Å². The summed E-state index contributed by atoms with van der Waals surface area (Å²) >= 11 is 1.50. The molecule has 0 atom stereocenters. The largest absolute Gasteiger partial charge is 0.416 e. The maximum absolute atomic E-state index is 12.7. The summed E-state index contributed by atoms with van der Waals surface area (Å²) in [5.41, 5.74) is -0.00141. The van der Waals surface area contributed by atoms with Crippen LogP contribution in [0.25, 0.3) is 20.5 Å². The van der Waals surface area contributed by atoms with Crippen molar-refractivity contribution in [2.24, 2.45) is 0 Å². The summed E-state index contributed by atoms with van der Waals surface area (Å²) in [4.78, 5) is 0.854. The maximum atomic E-state index is 12.7. The molecule has 3 rings (SSSR count). The highest BCUT2D eigenvalue weighted by atomic mass is 32.1. The average molecular weight is 278 g/mol. The number of thiophene rings is 1. The minimum Gasteiger partial charge on any atom is -0.166 e. The number of hydrogen-bond acceptors (Lipinski definition) is 1. The first-order valence-corrected chi connectivity index (χ1v) is 6.52. The lowest BCUT2D eigenvalue weighted by Gasteiger charge is -2.07. The van der Waals surface area contributed by atoms with E-state index in [0.29, 0.717) is 5.56 Å². The van der Waals surface area contributed by atoms with Gasteiger partial charge in [-0.2, -0.15) is 13.2 Å². The van der Waals surface area contributed by atoms with E-state index in [2.05, 4.69) is 0 Å². The third-order valence-electron chi connectivity index (χ3n) is 2.90. The number of fused-ring (bicyclic) bond motifs is 1. The van der Waals surface area contributed by atoms with Crippen LogP contribution < -0.4 is 0 Å². The summed E-state index contributed by atoms with van der Waals surface area (Å²) in [6.45, 7) is 0. The first kappa shape index (κ1) is 12.2. The summed E-state index contributed by atoms with van der Waals surface area (Å²) in [6.07, 6.45) is -4.30. The molecule has 1 aromatic heterocycles. The minimum atomic E-state index is -4.30. The SMILES string of the molecule is FC(F)(F)c1cccc(-c2cc3ccccc3s2)c1. The van der Waals surface area contributed by atoms with Crippen LogP contribution in [0.15, 0.2) is 54.6 Å². The molecule has 0 aliphatic heterocycles. The molecule has 96 valence electrons. The van der Waals surface area contributed by atoms with Crippen molar-refractivity contribution in [3.8, 4) is 10.4 Å². The molecule has 0 N–H and O–H groups in total. The molecule has 0 amide bonds. The summed E-state index contributed by atoms with van der Waals surface area (Å²) < 4.78 is 39.2. The Kier molecular flexibility index (Phi) is 2.82. The maximum Gasteiger partial charge on any atom is 0.416 e. The van der Waals surface area contributed by atoms with Crippen molar-refractivity contribution in [3.63, 3.8) is 0 Å². The van der Waals surface area contributed by atoms with E-state index in [9.17, 15) is 13.2 Å². The van der Waals surface area contributed by atoms with E-state index in [1.165, 1.54) is 23.5 Å². The average Bonchev–Trinajstić information content (AvgIpc) is 2.81. The minimum absolute atomic E-state index is 0.607. The second kappa shape index (κ2) is 4.38. The van der Waals surface area contributed by atoms with E-state index in [0.717, 1.165) is 21.0 Å². The molecule has 0 aliphatic carbocycles. The Morgan fingerprint density at radius 1 is 0.842 bits per heavy atom. The van der Waals surface area contributed by atoms with Gasteiger partial charge in [0.1, 0.15) is 0 Å². The molecule has 0 nitrogen and oxygen atoms in total. The number of halogens is 3. The predicted molar refractivity (Wildman–Crippen MR) is 72.3 cm³/mol. The number of benzene rings is 2. The molecule has 0 bridgehead atoms. The van der Waals surface area contributed by atoms with Gasteiger partial charge in [-0.15, -0.1) is 11.3 Å². The van der Waals surface area contributed by atoms with Gasteiger partial charge in [-0.25, -0.2) is 0 Å². The lowest BCUT2D eigenvalue weighted by molar-refractivity contribution is -0.137. The molecule has 0 saturated heterocycles. The van der Waals surface area contributed by atoms with Crippen molar-refractivity contribution in [2.45, 2.75) is 6.18 Å². The second-order valence-corrected chi connectivity index (χ2v) is 5.31. The van der Waals surface area contributed by atoms with E-state index in [-0.39, 0.29) is 0 Å². The Bertz CT molecular complexity index is 692. The van der Waals surface area contributed by atoms with Crippen LogP contribution in [0.2, 0.25) is 0 Å². The highest BCUT2D eigenvalue weighted by Gasteiger charge is 2.30. The summed E-state index contributed by atoms with van der Waals surface area (Å²) in [6, 6.07) is 15.2. The topological polar surface area (TPSA) is 0 Å². The van der Waals surface area contributed by atoms with Crippen molar-refractivity contribution in [3.05, 3.63) is 60.2 Å². The second-order valence-electron chi connectivity index (χ2n) is 4.23. The lowest BCUT2D eigenvalue weighted by atomic mass is 10.1. The Hall–Kier alpha value is -1.81. The van der Waals surface area contributed by atoms with E-state index in [1.54, 1.807) is 6.07 Å². The quantitative estimate of drug-likeness (QED) is 0.544. The Morgan fingerprint density at radius 2 is 1.63 bits per heavy atom. The molecular formula is C15H9F3S. The molecule has 0 saturated carbocycles. The number of hydrogen-bond donors (Lipinski definition) is 0. The van der Waals surface area contributed by atoms with Gasteiger partial charge in [0.05, 0.1) is 5.56 Å². The van der Waals surface area contributed by atoms with E-state index >= 15 is 0 Å². The zero-order valence-corrected chi connectivity index (χ0v) is 10.6. The predicted octanol–water partition coefficient (Wildman–Crippen LogP) is 5.59. The molecule has 2 aromatic carbocycles. The van der Waals surface area contributed by atoms with Crippen molar-refractivity contribution >= 4 is 21.4 Å². The van der Waals surface area contributed by atoms with Gasteiger partial charge < -0.3 is 0 Å². The van der Waals surface area contributed by atoms with Crippen LogP contribution in [-0.2, 0) is 6.18 Å². The van der Waals surface area contributed by atoms with Gasteiger partial charge in [0.25, 0.3) is 0 Å². The van der Waals surface area contributed by atoms with Crippen LogP contribution in [0, 0.1) is 0 Å². The molecule has 0 aliphatic rings. The highest BCUT2D eigenvalue weighted by molar-refractivity contribution is 7.22. The fourth-order valence-electron chi connectivity index (χ4n) is 1.97. The third-order valence-corrected chi connectivity index (χ3v) is 4.07. The number of rotatable bonds is 1. The first-order valence-electron chi connectivity index (χ1n) is 5.70. The van der Waals surface area contributed by atoms with Crippen molar-refractivity contribution in [1.29, 1.82) is 0 Å². The summed E-state index contributed by atoms with van der Waals surface area (Å²) in [5, 5.41) is 1.06. The van der Waals surface area contributed by atoms with Crippen LogP contribution in [-0.4, -0.2) is 0 Å². The molecule has 3 aromatic rings. The van der Waals surface area contributed by atoms with Gasteiger partial charge in [0, 0.05) is 9.58 Å². The van der Waals surface area contributed by atoms with Crippen molar-refractivity contribution in [2.75, 3.05) is 0 Å². The smallest absolute Gasteiger partial charge is 0.166 e. The van der Waals surface area contributed by atoms with Gasteiger partial charge in [-0.3, -0.25) is 0 Å². The first-order chi connectivity index (χ1) is 9.04. The van der Waals surface area contributed by atoms with E-state index in [1.807, 2.05) is 30.3 Å². The molecule has 0 fully saturated rings. The van der Waals surface area contributed by atoms with Gasteiger partial charge in [-0.1, -0.05) is 30.3 Å². The van der Waals surface area contributed by atoms with Crippen LogP contribution in [0.1, 0.15) is 5.56 Å². The fraction of sp³-hybridized carbons (Fsp3) is 0.0667. The monoisotopic (exact) mass is 278 g/mol. The van der Waals surface area contributed by atoms with Gasteiger partial charge in [-0.05, 0) is 35.2 Å². The normalized spacial score (nSPS) is 11.9. The van der Waals surface area contributed by atoms with E-state index < -0.39 is 11.7 Å². The molecule has 0 radical (unpaired) electrons. The Morgan fingerprint density at radius 3 is 2.37 bits per heavy atom. The molecular weight excluding hydrogens is 269 g/mol. The Labute approximate surface area is 112 Å². The molecule has 0 spiro atoms. The fourth-order valence-corrected chi connectivity index (χ4v) is 3.03. The van der Waals surface area contributed by atoms with Crippen LogP contribution in [0.5, 0.6) is 0 Å². The molecule has 0 unspecified atom stereocenters. The zero-order valence-electron chi connectivity index (χ0n) is 9.74. The summed E-state index contributed by atoms with van der Waals surface area (Å²) in [7, 11) is 0. The highest BCUT2D eigenvalue weighted by Crippen LogP contribution is 2.36. The lowest BCUT2D eigenvalue weighted by Crippen LogP contribution is -2.04. The molecule has 1 heterocycles. The van der Waals surface area contributed by atoms with E-state index in [4.69, 9.17) is 0 Å². The van der Waals surface area contributed by atoms with Crippen LogP contribution >= 0.6 is 11.3 Å². The van der Waals surface area contributed by atoms with Crippen molar-refractivity contribution in [1.82, 2.24) is 0 Å².